The fraction of sp³-hybridized carbons (Fsp3) is 0.558. The molecule has 4 fully saturated rings. The first-order valence-electron chi connectivity index (χ1n) is 23.6. The third kappa shape index (κ3) is 12.1. The van der Waals surface area contributed by atoms with E-state index in [1.165, 1.54) is 43.1 Å². The zero-order chi connectivity index (χ0) is 53.3. The second-order valence-corrected chi connectivity index (χ2v) is 19.8. The van der Waals surface area contributed by atoms with Crippen LogP contribution in [-0.4, -0.2) is 133 Å². The minimum atomic E-state index is -0.987. The lowest BCUT2D eigenvalue weighted by Crippen LogP contribution is -2.54. The van der Waals surface area contributed by atoms with Crippen LogP contribution in [-0.2, 0) is 18.9 Å². The summed E-state index contributed by atoms with van der Waals surface area (Å²) >= 11 is 17.2. The third-order valence-corrected chi connectivity index (χ3v) is 14.1. The molecule has 0 radical (unpaired) electrons. The molecule has 0 amide bonds. The van der Waals surface area contributed by atoms with Crippen LogP contribution < -0.4 is 82.6 Å². The summed E-state index contributed by atoms with van der Waals surface area (Å²) in [6.07, 6.45) is -0.683. The summed E-state index contributed by atoms with van der Waals surface area (Å²) in [4.78, 5) is 109. The predicted octanol–water partition coefficient (Wildman–Crippen LogP) is -4.61. The molecule has 4 saturated heterocycles. The summed E-state index contributed by atoms with van der Waals surface area (Å²) in [5.41, 5.74) is 2.45. The molecule has 8 rings (SSSR count). The van der Waals surface area contributed by atoms with E-state index in [-0.39, 0.29) is 78.3 Å². The number of H-pyrrole nitrogens is 4. The Hall–Kier alpha value is -6.45. The quantitative estimate of drug-likeness (QED) is 0.0529. The van der Waals surface area contributed by atoms with Crippen LogP contribution >= 0.6 is 36.7 Å². The van der Waals surface area contributed by atoms with Gasteiger partial charge in [0.15, 0.2) is 15.3 Å². The molecule has 0 saturated carbocycles. The number of hydrogen-bond donors (Lipinski definition) is 12. The lowest BCUT2D eigenvalue weighted by Gasteiger charge is -2.26. The van der Waals surface area contributed by atoms with Crippen LogP contribution in [0.2, 0.25) is 0 Å². The first-order valence-corrected chi connectivity index (χ1v) is 24.8. The zero-order valence-electron chi connectivity index (χ0n) is 40.3. The molecule has 4 aromatic rings. The molecule has 8 heterocycles. The van der Waals surface area contributed by atoms with Gasteiger partial charge in [-0.3, -0.25) is 57.4 Å². The van der Waals surface area contributed by atoms with Crippen LogP contribution in [0, 0.1) is 27.7 Å². The van der Waals surface area contributed by atoms with E-state index in [0.717, 1.165) is 0 Å². The Morgan fingerprint density at radius 2 is 0.770 bits per heavy atom. The lowest BCUT2D eigenvalue weighted by atomic mass is 10.1. The first-order chi connectivity index (χ1) is 35.1. The van der Waals surface area contributed by atoms with Gasteiger partial charge in [0, 0.05) is 98.9 Å². The van der Waals surface area contributed by atoms with Gasteiger partial charge >= 0.3 is 22.8 Å². The number of aryl methyl sites for hydroxylation is 4. The molecular formula is C43H57N15O13S3. The van der Waals surface area contributed by atoms with E-state index >= 15 is 0 Å². The molecule has 0 spiro atoms. The third-order valence-electron chi connectivity index (χ3n) is 13.3. The van der Waals surface area contributed by atoms with E-state index in [1.807, 2.05) is 0 Å². The number of hydrogen-bond acceptors (Lipinski definition) is 17. The Labute approximate surface area is 433 Å². The fourth-order valence-corrected chi connectivity index (χ4v) is 9.97. The number of aromatic nitrogens is 8. The average Bonchev–Trinajstić information content (AvgIpc) is 4.14. The summed E-state index contributed by atoms with van der Waals surface area (Å²) in [5.74, 6) is 0. The van der Waals surface area contributed by atoms with E-state index < -0.39 is 119 Å². The molecule has 4 aliphatic heterocycles. The molecule has 0 unspecified atom stereocenters. The molecular weight excluding hydrogens is 1030 g/mol. The van der Waals surface area contributed by atoms with Gasteiger partial charge in [0.25, 0.3) is 22.2 Å². The largest absolute Gasteiger partial charge is 0.390 e. The van der Waals surface area contributed by atoms with E-state index in [4.69, 9.17) is 61.3 Å². The van der Waals surface area contributed by atoms with E-state index in [9.17, 15) is 43.5 Å². The van der Waals surface area contributed by atoms with Crippen molar-refractivity contribution in [2.45, 2.75) is 127 Å². The van der Waals surface area contributed by atoms with E-state index in [0.29, 0.717) is 11.1 Å². The zero-order valence-corrected chi connectivity index (χ0v) is 42.8. The highest BCUT2D eigenvalue weighted by Gasteiger charge is 2.41. The van der Waals surface area contributed by atoms with Crippen LogP contribution in [0.3, 0.4) is 0 Å². The lowest BCUT2D eigenvalue weighted by molar-refractivity contribution is -0.0173. The van der Waals surface area contributed by atoms with Gasteiger partial charge in [-0.15, -0.1) is 0 Å². The number of ether oxygens (including phenoxy) is 4. The highest BCUT2D eigenvalue weighted by molar-refractivity contribution is 7.80. The Morgan fingerprint density at radius 3 is 1.09 bits per heavy atom. The second kappa shape index (κ2) is 22.6. The smallest absolute Gasteiger partial charge is 0.330 e. The maximum Gasteiger partial charge on any atom is 0.330 e. The van der Waals surface area contributed by atoms with Gasteiger partial charge in [0.05, 0.1) is 42.5 Å². The summed E-state index contributed by atoms with van der Waals surface area (Å²) < 4.78 is 30.0. The topological polar surface area (TPSA) is 375 Å². The molecule has 28 nitrogen and oxygen atoms in total. The normalized spacial score (nSPS) is 27.4. The van der Waals surface area contributed by atoms with Crippen LogP contribution in [0.4, 0.5) is 0 Å². The van der Waals surface area contributed by atoms with Crippen LogP contribution in [0.1, 0.15) is 72.8 Å². The average molecular weight is 1090 g/mol. The minimum Gasteiger partial charge on any atom is -0.390 e. The minimum absolute atomic E-state index is 0.0310. The van der Waals surface area contributed by atoms with Crippen molar-refractivity contribution >= 4 is 52.0 Å². The number of nitrogens with one attached hydrogen (secondary N) is 10. The standard InChI is InChI=1S/C43H57N15O13S3/c1-17-13-55(40(64)51-33(17)60)29-5-21(25(9-44)68-29)48-37(72)45-10-26-22(6-30(69-26)56-14-18(2)34(61)52-41(56)65)49-38(73)46-11-27-23(7-31(70-27)57-15-19(3)35(62)53-42(57)66)50-39(74)47-12-28-24(59)8-32(71-28)58-16-20(4)36(63)54-43(58)67/h13-16,21-32,59H,5-12,44H2,1-4H3,(H2,45,48,72)(H2,46,49,73)(H2,47,50,74)(H,51,60,64)(H,52,61,65)(H,53,62,66)(H,54,63,67)/t21-,22-,23-,24-,25+,26+,27+,28+,29+,30+,31+,32+/m0/s1. The molecule has 12 atom stereocenters. The SMILES string of the molecule is Cc1cn([C@H]2C[C@H](NC(=S)NC[C@H]3O[C@@H](n4cc(C)c(=O)[nH]c4=O)C[C@@H]3NC(=S)NC[C@H]3O[C@@H](n4cc(C)c(=O)[nH]c4=O)C[C@@H]3NC(=S)NC[C@H]3O[C@@H](n4cc(C)c(=O)[nH]c4=O)C[C@@H]3O)[C@@H](CN)O2)c(=O)[nH]c1=O. The van der Waals surface area contributed by atoms with Crippen molar-refractivity contribution in [3.63, 3.8) is 0 Å². The molecule has 0 aromatic carbocycles. The number of rotatable bonds is 14. The van der Waals surface area contributed by atoms with Crippen molar-refractivity contribution < 1.29 is 24.1 Å². The highest BCUT2D eigenvalue weighted by Crippen LogP contribution is 2.31. The monoisotopic (exact) mass is 1090 g/mol. The fourth-order valence-electron chi connectivity index (χ4n) is 9.27. The summed E-state index contributed by atoms with van der Waals surface area (Å²) in [7, 11) is 0. The first kappa shape index (κ1) is 53.8. The maximum absolute atomic E-state index is 13.0. The predicted molar refractivity (Wildman–Crippen MR) is 276 cm³/mol. The Bertz CT molecular complexity index is 3290. The summed E-state index contributed by atoms with van der Waals surface area (Å²) in [6, 6.07) is -1.57. The van der Waals surface area contributed by atoms with Gasteiger partial charge < -0.3 is 61.7 Å². The van der Waals surface area contributed by atoms with Crippen molar-refractivity contribution in [1.29, 1.82) is 0 Å². The van der Waals surface area contributed by atoms with Crippen LogP contribution in [0.15, 0.2) is 63.1 Å². The number of nitrogens with zero attached hydrogens (tertiary/aromatic N) is 4. The number of aliphatic hydroxyl groups is 1. The molecule has 74 heavy (non-hydrogen) atoms. The highest BCUT2D eigenvalue weighted by atomic mass is 32.1. The van der Waals surface area contributed by atoms with Gasteiger partial charge in [0.2, 0.25) is 0 Å². The van der Waals surface area contributed by atoms with Crippen molar-refractivity contribution in [3.05, 3.63) is 130 Å². The number of aliphatic hydroxyl groups excluding tert-OH is 1. The van der Waals surface area contributed by atoms with Crippen molar-refractivity contribution in [1.82, 2.24) is 70.1 Å². The molecule has 400 valence electrons. The van der Waals surface area contributed by atoms with Gasteiger partial charge in [0.1, 0.15) is 31.0 Å². The summed E-state index contributed by atoms with van der Waals surface area (Å²) in [6.45, 7) is 6.51. The molecule has 31 heteroatoms. The number of thiocarbonyl (C=S) groups is 3. The Balaban J connectivity index is 0.921. The molecule has 13 N–H and O–H groups in total. The Kier molecular flexibility index (Phi) is 16.4. The molecule has 4 aliphatic rings. The molecule has 0 bridgehead atoms. The Morgan fingerprint density at radius 1 is 0.500 bits per heavy atom. The maximum atomic E-state index is 13.0. The molecule has 4 aromatic heterocycles. The van der Waals surface area contributed by atoms with Gasteiger partial charge in [-0.2, -0.15) is 0 Å². The van der Waals surface area contributed by atoms with Gasteiger partial charge in [-0.1, -0.05) is 0 Å². The van der Waals surface area contributed by atoms with Crippen LogP contribution in [0.25, 0.3) is 0 Å². The van der Waals surface area contributed by atoms with Gasteiger partial charge in [-0.25, -0.2) is 19.2 Å². The van der Waals surface area contributed by atoms with Crippen molar-refractivity contribution in [2.75, 3.05) is 26.2 Å². The molecule has 0 aliphatic carbocycles. The summed E-state index contributed by atoms with van der Waals surface area (Å²) in [5, 5.41) is 30.4. The number of aromatic amines is 4. The number of nitrogens with two attached hydrogens (primary N) is 1. The van der Waals surface area contributed by atoms with E-state index in [1.54, 1.807) is 27.7 Å². The van der Waals surface area contributed by atoms with Gasteiger partial charge in [-0.05, 0) is 64.3 Å². The van der Waals surface area contributed by atoms with Crippen molar-refractivity contribution in [2.24, 2.45) is 5.73 Å². The van der Waals surface area contributed by atoms with Crippen molar-refractivity contribution in [3.8, 4) is 0 Å². The second-order valence-electron chi connectivity index (χ2n) is 18.6. The van der Waals surface area contributed by atoms with Crippen LogP contribution in [0.5, 0.6) is 0 Å². The van der Waals surface area contributed by atoms with E-state index in [2.05, 4.69) is 51.8 Å².